The van der Waals surface area contributed by atoms with E-state index >= 15 is 0 Å². The first-order chi connectivity index (χ1) is 12.9. The van der Waals surface area contributed by atoms with Gasteiger partial charge in [-0.3, -0.25) is 0 Å². The second-order valence-corrected chi connectivity index (χ2v) is 7.59. The molecule has 7 nitrogen and oxygen atoms in total. The van der Waals surface area contributed by atoms with Crippen molar-refractivity contribution in [2.45, 2.75) is 12.2 Å². The number of hydrogen-bond acceptors (Lipinski definition) is 6. The van der Waals surface area contributed by atoms with Gasteiger partial charge in [0, 0.05) is 6.54 Å². The summed E-state index contributed by atoms with van der Waals surface area (Å²) in [4.78, 5) is 11.4. The quantitative estimate of drug-likeness (QED) is 0.657. The number of hydrogen-bond donors (Lipinski definition) is 1. The SMILES string of the molecule is COC(=O)c1ccc(CS(=O)(=O)NCCc2ccc(OC)c(OC)c2)cc1. The molecule has 0 amide bonds. The van der Waals surface area contributed by atoms with Crippen LogP contribution >= 0.6 is 0 Å². The molecule has 0 aromatic heterocycles. The fraction of sp³-hybridized carbons (Fsp3) is 0.316. The van der Waals surface area contributed by atoms with Gasteiger partial charge in [0.25, 0.3) is 0 Å². The van der Waals surface area contributed by atoms with Crippen molar-refractivity contribution in [1.29, 1.82) is 0 Å². The summed E-state index contributed by atoms with van der Waals surface area (Å²) in [6.07, 6.45) is 0.515. The Morgan fingerprint density at radius 1 is 0.926 bits per heavy atom. The number of sulfonamides is 1. The number of benzene rings is 2. The van der Waals surface area contributed by atoms with E-state index in [1.54, 1.807) is 44.6 Å². The lowest BCUT2D eigenvalue weighted by atomic mass is 10.1. The van der Waals surface area contributed by atoms with E-state index in [0.29, 0.717) is 29.0 Å². The number of nitrogens with one attached hydrogen (secondary N) is 1. The molecule has 2 aromatic rings. The Kier molecular flexibility index (Phi) is 7.20. The highest BCUT2D eigenvalue weighted by atomic mass is 32.2. The van der Waals surface area contributed by atoms with Crippen molar-refractivity contribution in [2.24, 2.45) is 0 Å². The fourth-order valence-corrected chi connectivity index (χ4v) is 3.66. The molecule has 0 saturated carbocycles. The molecule has 27 heavy (non-hydrogen) atoms. The lowest BCUT2D eigenvalue weighted by Gasteiger charge is -2.10. The average Bonchev–Trinajstić information content (AvgIpc) is 2.67. The predicted molar refractivity (Wildman–Crippen MR) is 102 cm³/mol. The van der Waals surface area contributed by atoms with Crippen molar-refractivity contribution < 1.29 is 27.4 Å². The standard InChI is InChI=1S/C19H23NO6S/c1-24-17-9-6-14(12-18(17)25-2)10-11-20-27(22,23)13-15-4-7-16(8-5-15)19(21)26-3/h4-9,12,20H,10-11,13H2,1-3H3. The van der Waals surface area contributed by atoms with Gasteiger partial charge in [-0.2, -0.15) is 0 Å². The van der Waals surface area contributed by atoms with Crippen LogP contribution in [0.15, 0.2) is 42.5 Å². The predicted octanol–water partition coefficient (Wildman–Crippen LogP) is 2.15. The Morgan fingerprint density at radius 3 is 2.15 bits per heavy atom. The molecule has 0 aliphatic heterocycles. The maximum atomic E-state index is 12.2. The van der Waals surface area contributed by atoms with Crippen LogP contribution in [0, 0.1) is 0 Å². The molecule has 0 heterocycles. The van der Waals surface area contributed by atoms with Crippen molar-refractivity contribution in [1.82, 2.24) is 4.72 Å². The minimum Gasteiger partial charge on any atom is -0.493 e. The van der Waals surface area contributed by atoms with Crippen LogP contribution in [0.2, 0.25) is 0 Å². The van der Waals surface area contributed by atoms with E-state index in [-0.39, 0.29) is 12.3 Å². The zero-order chi connectivity index (χ0) is 19.9. The summed E-state index contributed by atoms with van der Waals surface area (Å²) in [6, 6.07) is 11.7. The molecule has 0 unspecified atom stereocenters. The normalized spacial score (nSPS) is 11.1. The highest BCUT2D eigenvalue weighted by molar-refractivity contribution is 7.88. The molecule has 146 valence electrons. The number of methoxy groups -OCH3 is 3. The van der Waals surface area contributed by atoms with Gasteiger partial charge in [0.2, 0.25) is 10.0 Å². The first-order valence-corrected chi connectivity index (χ1v) is 9.89. The summed E-state index contributed by atoms with van der Waals surface area (Å²) in [5.74, 6) is 0.596. The van der Waals surface area contributed by atoms with Crippen molar-refractivity contribution in [3.63, 3.8) is 0 Å². The van der Waals surface area contributed by atoms with Gasteiger partial charge < -0.3 is 14.2 Å². The molecule has 0 aliphatic rings. The third-order valence-electron chi connectivity index (χ3n) is 3.92. The third-order valence-corrected chi connectivity index (χ3v) is 5.27. The molecule has 0 radical (unpaired) electrons. The molecule has 0 bridgehead atoms. The maximum Gasteiger partial charge on any atom is 0.337 e. The number of carbonyl (C=O) groups excluding carboxylic acids is 1. The molecule has 2 rings (SSSR count). The molecule has 0 fully saturated rings. The van der Waals surface area contributed by atoms with Gasteiger partial charge in [-0.05, 0) is 41.8 Å². The van der Waals surface area contributed by atoms with E-state index in [2.05, 4.69) is 9.46 Å². The Balaban J connectivity index is 1.92. The van der Waals surface area contributed by atoms with E-state index < -0.39 is 16.0 Å². The van der Waals surface area contributed by atoms with Crippen LogP contribution in [0.1, 0.15) is 21.5 Å². The van der Waals surface area contributed by atoms with Crippen molar-refractivity contribution in [2.75, 3.05) is 27.9 Å². The monoisotopic (exact) mass is 393 g/mol. The van der Waals surface area contributed by atoms with Crippen LogP contribution in [-0.4, -0.2) is 42.3 Å². The van der Waals surface area contributed by atoms with Gasteiger partial charge in [-0.1, -0.05) is 18.2 Å². The summed E-state index contributed by atoms with van der Waals surface area (Å²) in [6.45, 7) is 0.262. The Labute approximate surface area is 159 Å². The third kappa shape index (κ3) is 5.97. The number of esters is 1. The van der Waals surface area contributed by atoms with E-state index in [4.69, 9.17) is 9.47 Å². The second kappa shape index (κ2) is 9.38. The van der Waals surface area contributed by atoms with Crippen molar-refractivity contribution >= 4 is 16.0 Å². The molecule has 2 aromatic carbocycles. The van der Waals surface area contributed by atoms with Crippen LogP contribution < -0.4 is 14.2 Å². The van der Waals surface area contributed by atoms with Crippen molar-refractivity contribution in [3.8, 4) is 11.5 Å². The van der Waals surface area contributed by atoms with Crippen LogP contribution in [0.3, 0.4) is 0 Å². The van der Waals surface area contributed by atoms with Crippen molar-refractivity contribution in [3.05, 3.63) is 59.2 Å². The van der Waals surface area contributed by atoms with Gasteiger partial charge >= 0.3 is 5.97 Å². The molecule has 0 spiro atoms. The molecule has 0 saturated heterocycles. The smallest absolute Gasteiger partial charge is 0.337 e. The van der Waals surface area contributed by atoms with E-state index in [9.17, 15) is 13.2 Å². The molecule has 0 aliphatic carbocycles. The highest BCUT2D eigenvalue weighted by Gasteiger charge is 2.13. The zero-order valence-corrected chi connectivity index (χ0v) is 16.3. The van der Waals surface area contributed by atoms with Gasteiger partial charge in [0.1, 0.15) is 0 Å². The van der Waals surface area contributed by atoms with Crippen LogP contribution in [0.25, 0.3) is 0 Å². The minimum atomic E-state index is -3.49. The van der Waals surface area contributed by atoms with Crippen LogP contribution in [0.5, 0.6) is 11.5 Å². The lowest BCUT2D eigenvalue weighted by Crippen LogP contribution is -2.27. The largest absolute Gasteiger partial charge is 0.493 e. The van der Waals surface area contributed by atoms with E-state index in [1.165, 1.54) is 7.11 Å². The highest BCUT2D eigenvalue weighted by Crippen LogP contribution is 2.27. The molecule has 8 heteroatoms. The number of ether oxygens (including phenoxy) is 3. The fourth-order valence-electron chi connectivity index (χ4n) is 2.51. The Morgan fingerprint density at radius 2 is 1.56 bits per heavy atom. The first-order valence-electron chi connectivity index (χ1n) is 8.24. The molecular weight excluding hydrogens is 370 g/mol. The van der Waals surface area contributed by atoms with Gasteiger partial charge in [-0.15, -0.1) is 0 Å². The molecule has 0 atom stereocenters. The summed E-state index contributed by atoms with van der Waals surface area (Å²) in [5.41, 5.74) is 1.89. The van der Waals surface area contributed by atoms with Gasteiger partial charge in [-0.25, -0.2) is 17.9 Å². The van der Waals surface area contributed by atoms with Gasteiger partial charge in [0.05, 0.1) is 32.6 Å². The topological polar surface area (TPSA) is 90.9 Å². The zero-order valence-electron chi connectivity index (χ0n) is 15.5. The lowest BCUT2D eigenvalue weighted by molar-refractivity contribution is 0.0600. The molecule has 1 N–H and O–H groups in total. The average molecular weight is 393 g/mol. The summed E-state index contributed by atoms with van der Waals surface area (Å²) >= 11 is 0. The summed E-state index contributed by atoms with van der Waals surface area (Å²) < 4.78 is 42.1. The Hall–Kier alpha value is -2.58. The summed E-state index contributed by atoms with van der Waals surface area (Å²) in [5, 5.41) is 0. The number of carbonyl (C=O) groups is 1. The van der Waals surface area contributed by atoms with Crippen LogP contribution in [0.4, 0.5) is 0 Å². The summed E-state index contributed by atoms with van der Waals surface area (Å²) in [7, 11) is 0.911. The Bertz CT molecular complexity index is 878. The molecular formula is C19H23NO6S. The van der Waals surface area contributed by atoms with E-state index in [0.717, 1.165) is 5.56 Å². The number of rotatable bonds is 9. The van der Waals surface area contributed by atoms with E-state index in [1.807, 2.05) is 12.1 Å². The van der Waals surface area contributed by atoms with Crippen LogP contribution in [-0.2, 0) is 26.9 Å². The van der Waals surface area contributed by atoms with Gasteiger partial charge in [0.15, 0.2) is 11.5 Å². The first kappa shape index (κ1) is 20.7. The second-order valence-electron chi connectivity index (χ2n) is 5.78. The maximum absolute atomic E-state index is 12.2. The minimum absolute atomic E-state index is 0.166.